The van der Waals surface area contributed by atoms with Crippen molar-refractivity contribution >= 4 is 51.5 Å². The van der Waals surface area contributed by atoms with E-state index >= 15 is 0 Å². The van der Waals surface area contributed by atoms with E-state index in [4.69, 9.17) is 4.74 Å². The summed E-state index contributed by atoms with van der Waals surface area (Å²) < 4.78 is 6.34. The summed E-state index contributed by atoms with van der Waals surface area (Å²) in [6.07, 6.45) is 1.06. The van der Waals surface area contributed by atoms with Crippen LogP contribution in [0.2, 0.25) is 0 Å². The molecule has 3 rings (SSSR count). The van der Waals surface area contributed by atoms with Crippen molar-refractivity contribution in [3.05, 3.63) is 64.9 Å². The molecule has 0 aliphatic heterocycles. The van der Waals surface area contributed by atoms with Crippen molar-refractivity contribution in [1.29, 1.82) is 0 Å². The van der Waals surface area contributed by atoms with Crippen molar-refractivity contribution in [3.63, 3.8) is 0 Å². The number of rotatable bonds is 6. The van der Waals surface area contributed by atoms with Gasteiger partial charge in [-0.05, 0) is 36.5 Å². The Morgan fingerprint density at radius 1 is 1.04 bits per heavy atom. The van der Waals surface area contributed by atoms with Gasteiger partial charge in [0.1, 0.15) is 11.9 Å². The molecule has 0 amide bonds. The third-order valence-electron chi connectivity index (χ3n) is 3.54. The summed E-state index contributed by atoms with van der Waals surface area (Å²) in [5.74, 6) is 0.961. The molecule has 0 saturated heterocycles. The predicted molar refractivity (Wildman–Crippen MR) is 108 cm³/mol. The van der Waals surface area contributed by atoms with Gasteiger partial charge < -0.3 is 10.1 Å². The second-order valence-corrected chi connectivity index (χ2v) is 5.97. The number of nitrogens with one attached hydrogen (secondary N) is 1. The molecule has 3 aromatic rings. The van der Waals surface area contributed by atoms with Crippen LogP contribution in [0.25, 0.3) is 10.8 Å². The first-order valence-corrected chi connectivity index (χ1v) is 8.09. The summed E-state index contributed by atoms with van der Waals surface area (Å²) in [4.78, 5) is 1.28. The van der Waals surface area contributed by atoms with Crippen LogP contribution in [-0.2, 0) is 0 Å². The molecule has 1 aromatic heterocycles. The molecule has 0 fully saturated rings. The number of hydrogen-bond donors (Lipinski definition) is 1. The van der Waals surface area contributed by atoms with Gasteiger partial charge in [-0.3, -0.25) is 0 Å². The molecular weight excluding hydrogens is 394 g/mol. The number of hydrogen-bond acceptors (Lipinski definition) is 3. The van der Waals surface area contributed by atoms with Crippen LogP contribution in [0.1, 0.15) is 17.4 Å². The Morgan fingerprint density at radius 3 is 2.57 bits per heavy atom. The van der Waals surface area contributed by atoms with Crippen LogP contribution < -0.4 is 10.1 Å². The molecule has 0 bridgehead atoms. The maximum Gasteiger partial charge on any atom is 0.134 e. The standard InChI is InChI=1S/C18H19NOS.BrH.ClH/c1-19-12-11-17(18-10-5-13-21-18)20-16-9-4-7-14-6-2-3-8-15(14)16;;/h2-10,13,17,19H,11-12H2,1H3;2*1H/t17-;;/m0../s1. The van der Waals surface area contributed by atoms with Crippen LogP contribution in [0.4, 0.5) is 0 Å². The Hall–Kier alpha value is -1.07. The maximum atomic E-state index is 6.34. The molecule has 1 heterocycles. The highest BCUT2D eigenvalue weighted by atomic mass is 79.9. The Morgan fingerprint density at radius 2 is 1.83 bits per heavy atom. The summed E-state index contributed by atoms with van der Waals surface area (Å²) in [5.41, 5.74) is 0. The molecule has 0 spiro atoms. The quantitative estimate of drug-likeness (QED) is 0.564. The number of benzene rings is 2. The zero-order valence-electron chi connectivity index (χ0n) is 12.9. The van der Waals surface area contributed by atoms with Gasteiger partial charge in [0.15, 0.2) is 0 Å². The van der Waals surface area contributed by atoms with E-state index < -0.39 is 0 Å². The monoisotopic (exact) mass is 413 g/mol. The molecular formula is C18H21BrClNOS. The largest absolute Gasteiger partial charge is 0.484 e. The van der Waals surface area contributed by atoms with Crippen molar-refractivity contribution < 1.29 is 4.74 Å². The fourth-order valence-electron chi connectivity index (χ4n) is 2.46. The van der Waals surface area contributed by atoms with Gasteiger partial charge in [-0.2, -0.15) is 0 Å². The minimum Gasteiger partial charge on any atom is -0.484 e. The molecule has 0 saturated carbocycles. The van der Waals surface area contributed by atoms with Gasteiger partial charge in [0, 0.05) is 16.7 Å². The summed E-state index contributed by atoms with van der Waals surface area (Å²) >= 11 is 1.75. The predicted octanol–water partition coefficient (Wildman–Crippen LogP) is 5.63. The van der Waals surface area contributed by atoms with E-state index in [1.807, 2.05) is 7.05 Å². The molecule has 0 aliphatic carbocycles. The van der Waals surface area contributed by atoms with Crippen LogP contribution in [0.3, 0.4) is 0 Å². The SMILES string of the molecule is Br.CNCC[C@H](Oc1cccc2ccccc12)c1cccs1.Cl. The smallest absolute Gasteiger partial charge is 0.134 e. The highest BCUT2D eigenvalue weighted by Crippen LogP contribution is 2.32. The first-order valence-electron chi connectivity index (χ1n) is 7.21. The van der Waals surface area contributed by atoms with Crippen LogP contribution in [-0.4, -0.2) is 13.6 Å². The molecule has 2 aromatic carbocycles. The average Bonchev–Trinajstić information content (AvgIpc) is 3.06. The Labute approximate surface area is 158 Å². The van der Waals surface area contributed by atoms with E-state index in [1.165, 1.54) is 15.6 Å². The van der Waals surface area contributed by atoms with E-state index in [0.29, 0.717) is 0 Å². The highest BCUT2D eigenvalue weighted by molar-refractivity contribution is 8.93. The molecule has 1 atom stereocenters. The van der Waals surface area contributed by atoms with Crippen molar-refractivity contribution in [2.24, 2.45) is 0 Å². The minimum absolute atomic E-state index is 0. The fourth-order valence-corrected chi connectivity index (χ4v) is 3.25. The number of fused-ring (bicyclic) bond motifs is 1. The topological polar surface area (TPSA) is 21.3 Å². The molecule has 0 aliphatic rings. The molecule has 1 N–H and O–H groups in total. The first kappa shape index (κ1) is 20.0. The van der Waals surface area contributed by atoms with Gasteiger partial charge in [-0.1, -0.05) is 42.5 Å². The van der Waals surface area contributed by atoms with Crippen LogP contribution in [0.15, 0.2) is 60.0 Å². The lowest BCUT2D eigenvalue weighted by molar-refractivity contribution is 0.201. The minimum atomic E-state index is 0. The van der Waals surface area contributed by atoms with Gasteiger partial charge in [0.25, 0.3) is 0 Å². The first-order chi connectivity index (χ1) is 10.4. The third kappa shape index (κ3) is 4.95. The van der Waals surface area contributed by atoms with E-state index in [-0.39, 0.29) is 35.5 Å². The van der Waals surface area contributed by atoms with E-state index in [2.05, 4.69) is 65.3 Å². The summed E-state index contributed by atoms with van der Waals surface area (Å²) in [6.45, 7) is 0.938. The molecule has 23 heavy (non-hydrogen) atoms. The average molecular weight is 415 g/mol. The lowest BCUT2D eigenvalue weighted by Crippen LogP contribution is -2.15. The van der Waals surface area contributed by atoms with E-state index in [1.54, 1.807) is 11.3 Å². The van der Waals surface area contributed by atoms with Gasteiger partial charge >= 0.3 is 0 Å². The summed E-state index contributed by atoms with van der Waals surface area (Å²) in [6, 6.07) is 18.8. The second-order valence-electron chi connectivity index (χ2n) is 4.99. The number of thiophene rings is 1. The Kier molecular flexibility index (Phi) is 8.63. The molecule has 124 valence electrons. The number of ether oxygens (including phenoxy) is 1. The van der Waals surface area contributed by atoms with Crippen molar-refractivity contribution in [2.75, 3.05) is 13.6 Å². The maximum absolute atomic E-state index is 6.34. The second kappa shape index (κ2) is 9.93. The van der Waals surface area contributed by atoms with Gasteiger partial charge in [0.2, 0.25) is 0 Å². The normalized spacial score (nSPS) is 11.3. The zero-order chi connectivity index (χ0) is 14.5. The fraction of sp³-hybridized carbons (Fsp3) is 0.222. The van der Waals surface area contributed by atoms with Crippen molar-refractivity contribution in [3.8, 4) is 5.75 Å². The number of halogens is 2. The van der Waals surface area contributed by atoms with E-state index in [9.17, 15) is 0 Å². The Balaban J connectivity index is 0.00000132. The lowest BCUT2D eigenvalue weighted by atomic mass is 10.1. The van der Waals surface area contributed by atoms with E-state index in [0.717, 1.165) is 18.7 Å². The highest BCUT2D eigenvalue weighted by Gasteiger charge is 2.15. The lowest BCUT2D eigenvalue weighted by Gasteiger charge is -2.19. The molecule has 0 unspecified atom stereocenters. The van der Waals surface area contributed by atoms with Crippen molar-refractivity contribution in [1.82, 2.24) is 5.32 Å². The summed E-state index contributed by atoms with van der Waals surface area (Å²) in [7, 11) is 1.98. The van der Waals surface area contributed by atoms with Crippen LogP contribution >= 0.6 is 40.7 Å². The van der Waals surface area contributed by atoms with Crippen LogP contribution in [0.5, 0.6) is 5.75 Å². The zero-order valence-corrected chi connectivity index (χ0v) is 16.2. The van der Waals surface area contributed by atoms with Crippen molar-refractivity contribution in [2.45, 2.75) is 12.5 Å². The van der Waals surface area contributed by atoms with Gasteiger partial charge in [-0.15, -0.1) is 40.7 Å². The van der Waals surface area contributed by atoms with Gasteiger partial charge in [-0.25, -0.2) is 0 Å². The molecule has 5 heteroatoms. The summed E-state index contributed by atoms with van der Waals surface area (Å²) in [5, 5.41) is 7.70. The Bertz CT molecular complexity index is 700. The van der Waals surface area contributed by atoms with Crippen LogP contribution in [0, 0.1) is 0 Å². The van der Waals surface area contributed by atoms with Gasteiger partial charge in [0.05, 0.1) is 0 Å². The third-order valence-corrected chi connectivity index (χ3v) is 4.50. The molecule has 2 nitrogen and oxygen atoms in total. The molecule has 0 radical (unpaired) electrons.